The topological polar surface area (TPSA) is 110 Å². The van der Waals surface area contributed by atoms with Gasteiger partial charge in [-0.25, -0.2) is 0 Å². The Morgan fingerprint density at radius 3 is 2.70 bits per heavy atom. The highest BCUT2D eigenvalue weighted by Gasteiger charge is 2.39. The molecule has 0 unspecified atom stereocenters. The van der Waals surface area contributed by atoms with E-state index in [0.717, 1.165) is 30.6 Å². The Balaban J connectivity index is 1.77. The lowest BCUT2D eigenvalue weighted by molar-refractivity contribution is -0.137. The maximum atomic E-state index is 10.6. The molecule has 1 aliphatic carbocycles. The minimum Gasteiger partial charge on any atom is -0.481 e. The summed E-state index contributed by atoms with van der Waals surface area (Å²) >= 11 is 1.64. The van der Waals surface area contributed by atoms with Crippen LogP contribution in [0.3, 0.4) is 0 Å². The number of aryl methyl sites for hydroxylation is 1. The van der Waals surface area contributed by atoms with Crippen LogP contribution in [0.5, 0.6) is 0 Å². The number of benzene rings is 1. The van der Waals surface area contributed by atoms with Crippen molar-refractivity contribution < 1.29 is 25.3 Å². The zero-order valence-electron chi connectivity index (χ0n) is 17.7. The van der Waals surface area contributed by atoms with Crippen molar-refractivity contribution in [1.29, 1.82) is 0 Å². The highest BCUT2D eigenvalue weighted by Crippen LogP contribution is 2.37. The smallest absolute Gasteiger partial charge is 0.303 e. The third-order valence-electron chi connectivity index (χ3n) is 5.91. The van der Waals surface area contributed by atoms with Crippen LogP contribution in [0.2, 0.25) is 0 Å². The molecule has 0 radical (unpaired) electrons. The molecule has 1 aromatic carbocycles. The highest BCUT2D eigenvalue weighted by atomic mass is 32.2. The first-order chi connectivity index (χ1) is 14.4. The predicted molar refractivity (Wildman–Crippen MR) is 119 cm³/mol. The molecule has 1 saturated carbocycles. The molecule has 1 fully saturated rings. The van der Waals surface area contributed by atoms with Crippen LogP contribution < -0.4 is 0 Å². The molecule has 0 amide bonds. The van der Waals surface area contributed by atoms with Gasteiger partial charge >= 0.3 is 5.97 Å². The van der Waals surface area contributed by atoms with E-state index in [1.54, 1.807) is 11.8 Å². The first-order valence-electron chi connectivity index (χ1n) is 10.9. The SMILES string of the molecule is Cc1cccc(SC[C@H](O)CC[C@H]2/C(=N\O)C[C@H](O)[C@@H]2CCCCCCC(=O)O)c1. The number of carboxylic acids is 1. The van der Waals surface area contributed by atoms with Crippen molar-refractivity contribution >= 4 is 23.4 Å². The molecule has 6 nitrogen and oxygen atoms in total. The van der Waals surface area contributed by atoms with Gasteiger partial charge < -0.3 is 20.5 Å². The fraction of sp³-hybridized carbons (Fsp3) is 0.652. The van der Waals surface area contributed by atoms with Gasteiger partial charge in [0.15, 0.2) is 0 Å². The van der Waals surface area contributed by atoms with Crippen LogP contribution >= 0.6 is 11.8 Å². The summed E-state index contributed by atoms with van der Waals surface area (Å²) in [6.45, 7) is 2.05. The number of aliphatic hydroxyl groups excluding tert-OH is 2. The summed E-state index contributed by atoms with van der Waals surface area (Å²) in [4.78, 5) is 11.7. The van der Waals surface area contributed by atoms with Crippen molar-refractivity contribution in [3.05, 3.63) is 29.8 Å². The van der Waals surface area contributed by atoms with Crippen molar-refractivity contribution in [3.8, 4) is 0 Å². The summed E-state index contributed by atoms with van der Waals surface area (Å²) in [6.07, 6.45) is 5.14. The van der Waals surface area contributed by atoms with Gasteiger partial charge in [0.25, 0.3) is 0 Å². The van der Waals surface area contributed by atoms with E-state index >= 15 is 0 Å². The van der Waals surface area contributed by atoms with Gasteiger partial charge in [0.05, 0.1) is 17.9 Å². The van der Waals surface area contributed by atoms with E-state index in [2.05, 4.69) is 11.2 Å². The Hall–Kier alpha value is -1.57. The molecule has 30 heavy (non-hydrogen) atoms. The lowest BCUT2D eigenvalue weighted by Crippen LogP contribution is -2.23. The lowest BCUT2D eigenvalue weighted by Gasteiger charge is -2.23. The first-order valence-corrected chi connectivity index (χ1v) is 11.9. The molecular formula is C23H35NO5S. The van der Waals surface area contributed by atoms with Crippen molar-refractivity contribution in [2.24, 2.45) is 17.0 Å². The molecule has 2 rings (SSSR count). The third kappa shape index (κ3) is 8.28. The number of rotatable bonds is 13. The van der Waals surface area contributed by atoms with E-state index in [1.807, 2.05) is 25.1 Å². The summed E-state index contributed by atoms with van der Waals surface area (Å²) in [5, 5.41) is 42.4. The van der Waals surface area contributed by atoms with E-state index < -0.39 is 18.2 Å². The number of thioether (sulfide) groups is 1. The van der Waals surface area contributed by atoms with Gasteiger partial charge in [0.2, 0.25) is 0 Å². The highest BCUT2D eigenvalue weighted by molar-refractivity contribution is 7.99. The van der Waals surface area contributed by atoms with E-state index in [9.17, 15) is 20.2 Å². The maximum Gasteiger partial charge on any atom is 0.303 e. The van der Waals surface area contributed by atoms with Crippen molar-refractivity contribution in [2.45, 2.75) is 81.8 Å². The molecule has 0 heterocycles. The molecular weight excluding hydrogens is 402 g/mol. The van der Waals surface area contributed by atoms with Crippen LogP contribution in [-0.2, 0) is 4.79 Å². The summed E-state index contributed by atoms with van der Waals surface area (Å²) < 4.78 is 0. The average molecular weight is 438 g/mol. The molecule has 0 bridgehead atoms. The fourth-order valence-corrected chi connectivity index (χ4v) is 5.28. The maximum absolute atomic E-state index is 10.6. The second kappa shape index (κ2) is 13.0. The van der Waals surface area contributed by atoms with E-state index in [4.69, 9.17) is 5.11 Å². The number of hydrogen-bond donors (Lipinski definition) is 4. The van der Waals surface area contributed by atoms with E-state index in [1.165, 1.54) is 5.56 Å². The van der Waals surface area contributed by atoms with E-state index in [-0.39, 0.29) is 18.3 Å². The van der Waals surface area contributed by atoms with Gasteiger partial charge in [-0.15, -0.1) is 11.8 Å². The molecule has 4 N–H and O–H groups in total. The molecule has 0 aliphatic heterocycles. The van der Waals surface area contributed by atoms with Gasteiger partial charge in [-0.3, -0.25) is 4.79 Å². The van der Waals surface area contributed by atoms with Crippen molar-refractivity contribution in [3.63, 3.8) is 0 Å². The zero-order valence-corrected chi connectivity index (χ0v) is 18.6. The Morgan fingerprint density at radius 2 is 2.00 bits per heavy atom. The Morgan fingerprint density at radius 1 is 1.23 bits per heavy atom. The number of hydrogen-bond acceptors (Lipinski definition) is 6. The Labute approximate surface area is 183 Å². The van der Waals surface area contributed by atoms with Crippen LogP contribution in [-0.4, -0.2) is 50.2 Å². The minimum absolute atomic E-state index is 0.0114. The number of aliphatic hydroxyl groups is 2. The number of carboxylic acid groups (broad SMARTS) is 1. The molecule has 0 spiro atoms. The average Bonchev–Trinajstić information content (AvgIpc) is 3.02. The predicted octanol–water partition coefficient (Wildman–Crippen LogP) is 4.48. The zero-order chi connectivity index (χ0) is 21.9. The van der Waals surface area contributed by atoms with Crippen LogP contribution in [0, 0.1) is 18.8 Å². The van der Waals surface area contributed by atoms with Crippen LogP contribution in [0.4, 0.5) is 0 Å². The lowest BCUT2D eigenvalue weighted by atomic mass is 9.85. The molecule has 7 heteroatoms. The van der Waals surface area contributed by atoms with Gasteiger partial charge in [-0.2, -0.15) is 0 Å². The number of oxime groups is 1. The summed E-state index contributed by atoms with van der Waals surface area (Å²) in [5.41, 5.74) is 1.83. The monoisotopic (exact) mass is 437 g/mol. The normalized spacial score (nSPS) is 23.7. The second-order valence-corrected chi connectivity index (χ2v) is 9.43. The van der Waals surface area contributed by atoms with Gasteiger partial charge in [0.1, 0.15) is 0 Å². The molecule has 168 valence electrons. The summed E-state index contributed by atoms with van der Waals surface area (Å²) in [5.74, 6) is -0.127. The number of nitrogens with zero attached hydrogens (tertiary/aromatic N) is 1. The largest absolute Gasteiger partial charge is 0.481 e. The van der Waals surface area contributed by atoms with E-state index in [0.29, 0.717) is 37.1 Å². The third-order valence-corrected chi connectivity index (χ3v) is 7.05. The fourth-order valence-electron chi connectivity index (χ4n) is 4.28. The molecule has 0 aromatic heterocycles. The minimum atomic E-state index is -0.760. The molecule has 1 aliphatic rings. The number of aliphatic carboxylic acids is 1. The standard InChI is InChI=1S/C23H35NO5S/c1-16-7-6-8-18(13-16)30-15-17(25)11-12-19-20(22(26)14-21(19)24-29)9-4-2-3-5-10-23(27)28/h6-8,13,17,19-20,22,25-26,29H,2-5,9-12,14-15H2,1H3,(H,27,28)/b24-21-/t17-,19-,20-,22+/m1/s1. The van der Waals surface area contributed by atoms with Crippen LogP contribution in [0.25, 0.3) is 0 Å². The first kappa shape index (κ1) is 24.7. The summed E-state index contributed by atoms with van der Waals surface area (Å²) in [7, 11) is 0. The number of unbranched alkanes of at least 4 members (excludes halogenated alkanes) is 3. The number of carbonyl (C=O) groups is 1. The Kier molecular flexibility index (Phi) is 10.7. The van der Waals surface area contributed by atoms with Crippen LogP contribution in [0.15, 0.2) is 34.3 Å². The summed E-state index contributed by atoms with van der Waals surface area (Å²) in [6, 6.07) is 8.21. The molecule has 4 atom stereocenters. The molecule has 0 saturated heterocycles. The molecule has 1 aromatic rings. The van der Waals surface area contributed by atoms with Gasteiger partial charge in [0, 0.05) is 29.4 Å². The Bertz CT molecular complexity index is 696. The quantitative estimate of drug-likeness (QED) is 0.157. The van der Waals surface area contributed by atoms with Crippen LogP contribution in [0.1, 0.15) is 63.4 Å². The van der Waals surface area contributed by atoms with Crippen molar-refractivity contribution in [1.82, 2.24) is 0 Å². The second-order valence-electron chi connectivity index (χ2n) is 8.34. The van der Waals surface area contributed by atoms with Gasteiger partial charge in [-0.1, -0.05) is 42.1 Å². The van der Waals surface area contributed by atoms with Gasteiger partial charge in [-0.05, 0) is 50.7 Å². The van der Waals surface area contributed by atoms with Crippen molar-refractivity contribution in [2.75, 3.05) is 5.75 Å².